The van der Waals surface area contributed by atoms with Crippen molar-refractivity contribution in [3.8, 4) is 0 Å². The van der Waals surface area contributed by atoms with Gasteiger partial charge in [0.05, 0.1) is 0 Å². The average Bonchev–Trinajstić information content (AvgIpc) is 3.26. The summed E-state index contributed by atoms with van der Waals surface area (Å²) in [4.78, 5) is 31.1. The van der Waals surface area contributed by atoms with Crippen LogP contribution in [-0.4, -0.2) is 40.8 Å². The van der Waals surface area contributed by atoms with Crippen LogP contribution in [0.2, 0.25) is 0 Å². The Morgan fingerprint density at radius 3 is 2.95 bits per heavy atom. The second-order valence-electron chi connectivity index (χ2n) is 6.05. The molecule has 2 heterocycles. The van der Waals surface area contributed by atoms with Crippen LogP contribution in [0.1, 0.15) is 32.1 Å². The summed E-state index contributed by atoms with van der Waals surface area (Å²) in [5.74, 6) is 0.266. The topological polar surface area (TPSA) is 88.3 Å². The van der Waals surface area contributed by atoms with E-state index in [4.69, 9.17) is 5.73 Å². The molecule has 1 aliphatic heterocycles. The van der Waals surface area contributed by atoms with E-state index in [2.05, 4.69) is 10.3 Å². The third-order valence-corrected chi connectivity index (χ3v) is 5.47. The third kappa shape index (κ3) is 3.01. The molecule has 0 spiro atoms. The Morgan fingerprint density at radius 2 is 2.23 bits per heavy atom. The van der Waals surface area contributed by atoms with E-state index in [0.29, 0.717) is 18.2 Å². The van der Waals surface area contributed by atoms with Gasteiger partial charge in [0.1, 0.15) is 6.04 Å². The molecule has 1 aromatic rings. The van der Waals surface area contributed by atoms with Crippen LogP contribution in [0, 0.1) is 11.8 Å². The van der Waals surface area contributed by atoms with Crippen molar-refractivity contribution in [2.45, 2.75) is 38.1 Å². The van der Waals surface area contributed by atoms with Gasteiger partial charge in [0.2, 0.25) is 11.8 Å². The number of carbonyl (C=O) groups excluding carboxylic acids is 2. The minimum atomic E-state index is -0.365. The minimum Gasteiger partial charge on any atom is -0.330 e. The summed E-state index contributed by atoms with van der Waals surface area (Å²) in [7, 11) is 0. The van der Waals surface area contributed by atoms with E-state index in [-0.39, 0.29) is 29.7 Å². The highest BCUT2D eigenvalue weighted by Crippen LogP contribution is 2.34. The van der Waals surface area contributed by atoms with Crippen LogP contribution in [0.25, 0.3) is 0 Å². The number of likely N-dealkylation sites (tertiary alicyclic amines) is 1. The average molecular weight is 322 g/mol. The van der Waals surface area contributed by atoms with Crippen molar-refractivity contribution in [3.05, 3.63) is 11.6 Å². The van der Waals surface area contributed by atoms with Gasteiger partial charge >= 0.3 is 0 Å². The largest absolute Gasteiger partial charge is 0.330 e. The number of anilines is 1. The second-order valence-corrected chi connectivity index (χ2v) is 6.94. The lowest BCUT2D eigenvalue weighted by Crippen LogP contribution is -2.46. The summed E-state index contributed by atoms with van der Waals surface area (Å²) in [5, 5.41) is 5.22. The SMILES string of the molecule is NC[C@H]1CCC[C@H]1C(=O)N1CCCC1C(=O)Nc1nccs1. The van der Waals surface area contributed by atoms with Gasteiger partial charge in [0.25, 0.3) is 0 Å². The molecule has 3 N–H and O–H groups in total. The molecule has 1 saturated heterocycles. The standard InChI is InChI=1S/C15H22N4O2S/c16-9-10-3-1-4-11(10)14(21)19-7-2-5-12(19)13(20)18-15-17-6-8-22-15/h6,8,10-12H,1-5,7,9,16H2,(H,17,18,20)/t10-,11-,12?/m1/s1. The number of aromatic nitrogens is 1. The number of nitrogens with one attached hydrogen (secondary N) is 1. The molecule has 3 rings (SSSR count). The maximum Gasteiger partial charge on any atom is 0.248 e. The Balaban J connectivity index is 1.67. The molecule has 2 fully saturated rings. The Morgan fingerprint density at radius 1 is 1.36 bits per heavy atom. The summed E-state index contributed by atoms with van der Waals surface area (Å²) in [6.07, 6.45) is 6.24. The van der Waals surface area contributed by atoms with Gasteiger partial charge in [0.15, 0.2) is 5.13 Å². The number of hydrogen-bond acceptors (Lipinski definition) is 5. The number of carbonyl (C=O) groups is 2. The molecule has 2 aliphatic rings. The zero-order valence-corrected chi connectivity index (χ0v) is 13.3. The number of rotatable bonds is 4. The quantitative estimate of drug-likeness (QED) is 0.878. The predicted molar refractivity (Wildman–Crippen MR) is 85.4 cm³/mol. The molecule has 0 bridgehead atoms. The zero-order chi connectivity index (χ0) is 15.5. The molecule has 1 aliphatic carbocycles. The van der Waals surface area contributed by atoms with E-state index in [0.717, 1.165) is 32.1 Å². The highest BCUT2D eigenvalue weighted by atomic mass is 32.1. The lowest BCUT2D eigenvalue weighted by Gasteiger charge is -2.28. The smallest absolute Gasteiger partial charge is 0.248 e. The van der Waals surface area contributed by atoms with E-state index in [1.165, 1.54) is 11.3 Å². The van der Waals surface area contributed by atoms with E-state index < -0.39 is 0 Å². The van der Waals surface area contributed by atoms with Crippen LogP contribution >= 0.6 is 11.3 Å². The highest BCUT2D eigenvalue weighted by Gasteiger charge is 2.41. The van der Waals surface area contributed by atoms with Crippen LogP contribution in [0.3, 0.4) is 0 Å². The first-order valence-corrected chi connectivity index (χ1v) is 8.79. The fourth-order valence-corrected chi connectivity index (χ4v) is 4.17. The number of nitrogens with two attached hydrogens (primary N) is 1. The number of thiazole rings is 1. The molecule has 1 unspecified atom stereocenters. The van der Waals surface area contributed by atoms with Crippen molar-refractivity contribution in [1.82, 2.24) is 9.88 Å². The zero-order valence-electron chi connectivity index (χ0n) is 12.5. The van der Waals surface area contributed by atoms with Crippen LogP contribution < -0.4 is 11.1 Å². The minimum absolute atomic E-state index is 0.00161. The second kappa shape index (κ2) is 6.75. The first kappa shape index (κ1) is 15.4. The Bertz CT molecular complexity index is 534. The Kier molecular flexibility index (Phi) is 4.73. The summed E-state index contributed by atoms with van der Waals surface area (Å²) < 4.78 is 0. The number of nitrogens with zero attached hydrogens (tertiary/aromatic N) is 2. The van der Waals surface area contributed by atoms with Gasteiger partial charge in [-0.25, -0.2) is 4.98 Å². The van der Waals surface area contributed by atoms with Crippen molar-refractivity contribution < 1.29 is 9.59 Å². The lowest BCUT2D eigenvalue weighted by molar-refractivity contribution is -0.141. The van der Waals surface area contributed by atoms with E-state index in [9.17, 15) is 9.59 Å². The first-order chi connectivity index (χ1) is 10.7. The van der Waals surface area contributed by atoms with Gasteiger partial charge in [-0.2, -0.15) is 0 Å². The maximum absolute atomic E-state index is 12.8. The molecule has 0 radical (unpaired) electrons. The van der Waals surface area contributed by atoms with Crippen molar-refractivity contribution >= 4 is 28.3 Å². The highest BCUT2D eigenvalue weighted by molar-refractivity contribution is 7.13. The van der Waals surface area contributed by atoms with Crippen LogP contribution in [0.4, 0.5) is 5.13 Å². The summed E-state index contributed by atoms with van der Waals surface area (Å²) >= 11 is 1.39. The van der Waals surface area contributed by atoms with Crippen molar-refractivity contribution in [2.24, 2.45) is 17.6 Å². The molecule has 2 amide bonds. The Labute approximate surface area is 134 Å². The van der Waals surface area contributed by atoms with Gasteiger partial charge in [-0.1, -0.05) is 6.42 Å². The molecular formula is C15H22N4O2S. The van der Waals surface area contributed by atoms with Crippen molar-refractivity contribution in [2.75, 3.05) is 18.4 Å². The summed E-state index contributed by atoms with van der Waals surface area (Å²) in [6, 6.07) is -0.365. The molecule has 1 saturated carbocycles. The number of hydrogen-bond donors (Lipinski definition) is 2. The van der Waals surface area contributed by atoms with Gasteiger partial charge < -0.3 is 16.0 Å². The van der Waals surface area contributed by atoms with E-state index >= 15 is 0 Å². The van der Waals surface area contributed by atoms with Gasteiger partial charge in [-0.3, -0.25) is 9.59 Å². The fourth-order valence-electron chi connectivity index (χ4n) is 3.63. The molecule has 3 atom stereocenters. The predicted octanol–water partition coefficient (Wildman–Crippen LogP) is 1.45. The van der Waals surface area contributed by atoms with Gasteiger partial charge in [0, 0.05) is 24.0 Å². The first-order valence-electron chi connectivity index (χ1n) is 7.91. The van der Waals surface area contributed by atoms with Crippen molar-refractivity contribution in [1.29, 1.82) is 0 Å². The molecule has 7 heteroatoms. The Hall–Kier alpha value is -1.47. The maximum atomic E-state index is 12.8. The normalized spacial score (nSPS) is 28.0. The summed E-state index contributed by atoms with van der Waals surface area (Å²) in [5.41, 5.74) is 5.79. The third-order valence-electron chi connectivity index (χ3n) is 4.78. The number of amides is 2. The van der Waals surface area contributed by atoms with E-state index in [1.807, 2.05) is 5.38 Å². The molecule has 1 aromatic heterocycles. The van der Waals surface area contributed by atoms with Crippen LogP contribution in [-0.2, 0) is 9.59 Å². The monoisotopic (exact) mass is 322 g/mol. The van der Waals surface area contributed by atoms with Gasteiger partial charge in [-0.15, -0.1) is 11.3 Å². The van der Waals surface area contributed by atoms with Crippen LogP contribution in [0.5, 0.6) is 0 Å². The molecule has 6 nitrogen and oxygen atoms in total. The molecule has 22 heavy (non-hydrogen) atoms. The summed E-state index contributed by atoms with van der Waals surface area (Å²) in [6.45, 7) is 1.23. The van der Waals surface area contributed by atoms with Crippen molar-refractivity contribution in [3.63, 3.8) is 0 Å². The van der Waals surface area contributed by atoms with Crippen LogP contribution in [0.15, 0.2) is 11.6 Å². The molecular weight excluding hydrogens is 300 g/mol. The fraction of sp³-hybridized carbons (Fsp3) is 0.667. The molecule has 0 aromatic carbocycles. The van der Waals surface area contributed by atoms with E-state index in [1.54, 1.807) is 11.1 Å². The van der Waals surface area contributed by atoms with Gasteiger partial charge in [-0.05, 0) is 38.1 Å². The lowest BCUT2D eigenvalue weighted by atomic mass is 9.94. The molecule has 120 valence electrons.